The third-order valence-corrected chi connectivity index (χ3v) is 3.38. The summed E-state index contributed by atoms with van der Waals surface area (Å²) in [7, 11) is 1.95. The van der Waals surface area contributed by atoms with Crippen molar-refractivity contribution >= 4 is 17.6 Å². The lowest BCUT2D eigenvalue weighted by molar-refractivity contribution is 0.787. The van der Waals surface area contributed by atoms with E-state index >= 15 is 0 Å². The van der Waals surface area contributed by atoms with Gasteiger partial charge in [-0.25, -0.2) is 15.0 Å². The Morgan fingerprint density at radius 3 is 2.81 bits per heavy atom. The van der Waals surface area contributed by atoms with Crippen LogP contribution < -0.4 is 5.73 Å². The summed E-state index contributed by atoms with van der Waals surface area (Å²) >= 11 is 1.51. The highest BCUT2D eigenvalue weighted by Crippen LogP contribution is 2.28. The Balaban J connectivity index is 2.35. The van der Waals surface area contributed by atoms with E-state index in [2.05, 4.69) is 15.0 Å². The minimum Gasteiger partial charge on any atom is -0.383 e. The quantitative estimate of drug-likeness (QED) is 0.816. The molecule has 0 amide bonds. The average Bonchev–Trinajstić information content (AvgIpc) is 2.65. The lowest BCUT2D eigenvalue weighted by Gasteiger charge is -2.07. The maximum Gasteiger partial charge on any atom is 0.174 e. The molecule has 2 rings (SSSR count). The molecule has 0 aliphatic heterocycles. The number of nitrogens with two attached hydrogens (primary N) is 1. The molecule has 0 aliphatic carbocycles. The topological polar surface area (TPSA) is 69.6 Å². The molecule has 16 heavy (non-hydrogen) atoms. The van der Waals surface area contributed by atoms with E-state index in [1.54, 1.807) is 6.20 Å². The molecule has 84 valence electrons. The van der Waals surface area contributed by atoms with Crippen LogP contribution >= 0.6 is 11.8 Å². The van der Waals surface area contributed by atoms with E-state index < -0.39 is 0 Å². The number of aryl methyl sites for hydroxylation is 1. The standard InChI is InChI=1S/C10H13N5S/c1-3-7-8(11)13-6-14-9(7)16-10-12-4-5-15(10)2/h4-6H,3H2,1-2H3,(H2,11,13,14). The number of imidazole rings is 1. The SMILES string of the molecule is CCc1c(N)ncnc1Sc1nccn1C. The fraction of sp³-hybridized carbons (Fsp3) is 0.300. The third-order valence-electron chi connectivity index (χ3n) is 2.26. The van der Waals surface area contributed by atoms with E-state index in [1.807, 2.05) is 24.7 Å². The summed E-state index contributed by atoms with van der Waals surface area (Å²) < 4.78 is 1.95. The lowest BCUT2D eigenvalue weighted by atomic mass is 10.2. The van der Waals surface area contributed by atoms with Crippen LogP contribution in [0.15, 0.2) is 28.9 Å². The number of rotatable bonds is 3. The fourth-order valence-electron chi connectivity index (χ4n) is 1.37. The number of nitrogen functional groups attached to an aromatic ring is 1. The second kappa shape index (κ2) is 4.52. The van der Waals surface area contributed by atoms with Gasteiger partial charge in [0.15, 0.2) is 5.16 Å². The first kappa shape index (κ1) is 10.9. The Morgan fingerprint density at radius 2 is 2.19 bits per heavy atom. The minimum atomic E-state index is 0.550. The van der Waals surface area contributed by atoms with E-state index in [-0.39, 0.29) is 0 Å². The van der Waals surface area contributed by atoms with Crippen molar-refractivity contribution in [3.63, 3.8) is 0 Å². The van der Waals surface area contributed by atoms with Crippen molar-refractivity contribution in [2.45, 2.75) is 23.5 Å². The number of hydrogen-bond donors (Lipinski definition) is 1. The molecule has 0 aliphatic rings. The van der Waals surface area contributed by atoms with Gasteiger partial charge in [0.05, 0.1) is 0 Å². The van der Waals surface area contributed by atoms with Gasteiger partial charge in [-0.05, 0) is 18.2 Å². The number of anilines is 1. The van der Waals surface area contributed by atoms with E-state index in [4.69, 9.17) is 5.73 Å². The van der Waals surface area contributed by atoms with Gasteiger partial charge in [0.25, 0.3) is 0 Å². The summed E-state index contributed by atoms with van der Waals surface area (Å²) in [4.78, 5) is 12.5. The average molecular weight is 235 g/mol. The summed E-state index contributed by atoms with van der Waals surface area (Å²) in [6.45, 7) is 2.04. The maximum atomic E-state index is 5.81. The third kappa shape index (κ3) is 2.01. The van der Waals surface area contributed by atoms with Crippen LogP contribution in [0.4, 0.5) is 5.82 Å². The van der Waals surface area contributed by atoms with Crippen molar-refractivity contribution in [2.75, 3.05) is 5.73 Å². The normalized spacial score (nSPS) is 10.6. The van der Waals surface area contributed by atoms with E-state index in [1.165, 1.54) is 18.1 Å². The zero-order valence-corrected chi connectivity index (χ0v) is 10.0. The number of aromatic nitrogens is 4. The molecule has 0 aromatic carbocycles. The molecule has 2 aromatic rings. The first-order valence-electron chi connectivity index (χ1n) is 4.97. The number of nitrogens with zero attached hydrogens (tertiary/aromatic N) is 4. The highest BCUT2D eigenvalue weighted by Gasteiger charge is 2.10. The van der Waals surface area contributed by atoms with Crippen molar-refractivity contribution in [3.8, 4) is 0 Å². The molecular weight excluding hydrogens is 222 g/mol. The Labute approximate surface area is 98.1 Å². The highest BCUT2D eigenvalue weighted by atomic mass is 32.2. The summed E-state index contributed by atoms with van der Waals surface area (Å²) in [6, 6.07) is 0. The molecule has 0 saturated heterocycles. The summed E-state index contributed by atoms with van der Waals surface area (Å²) in [5, 5.41) is 1.78. The van der Waals surface area contributed by atoms with Crippen molar-refractivity contribution in [1.82, 2.24) is 19.5 Å². The molecule has 0 fully saturated rings. The molecule has 0 radical (unpaired) electrons. The number of hydrogen-bond acceptors (Lipinski definition) is 5. The zero-order chi connectivity index (χ0) is 11.5. The van der Waals surface area contributed by atoms with Gasteiger partial charge in [0.1, 0.15) is 17.2 Å². The van der Waals surface area contributed by atoms with E-state index in [0.717, 1.165) is 22.2 Å². The second-order valence-electron chi connectivity index (χ2n) is 3.32. The second-order valence-corrected chi connectivity index (χ2v) is 4.27. The summed E-state index contributed by atoms with van der Waals surface area (Å²) in [6.07, 6.45) is 5.97. The van der Waals surface area contributed by atoms with Crippen molar-refractivity contribution in [2.24, 2.45) is 7.05 Å². The Bertz CT molecular complexity index is 494. The first-order valence-corrected chi connectivity index (χ1v) is 5.78. The van der Waals surface area contributed by atoms with Gasteiger partial charge in [-0.3, -0.25) is 0 Å². The predicted molar refractivity (Wildman–Crippen MR) is 63.2 cm³/mol. The smallest absolute Gasteiger partial charge is 0.174 e. The van der Waals surface area contributed by atoms with E-state index in [9.17, 15) is 0 Å². The van der Waals surface area contributed by atoms with Crippen LogP contribution in [-0.2, 0) is 13.5 Å². The molecule has 0 saturated carbocycles. The van der Waals surface area contributed by atoms with Gasteiger partial charge < -0.3 is 10.3 Å². The molecule has 6 heteroatoms. The zero-order valence-electron chi connectivity index (χ0n) is 9.21. The largest absolute Gasteiger partial charge is 0.383 e. The molecule has 0 unspecified atom stereocenters. The predicted octanol–water partition coefficient (Wildman–Crippen LogP) is 1.51. The van der Waals surface area contributed by atoms with Crippen LogP contribution in [0.3, 0.4) is 0 Å². The summed E-state index contributed by atoms with van der Waals surface area (Å²) in [5.41, 5.74) is 6.79. The van der Waals surface area contributed by atoms with Crippen LogP contribution in [0.25, 0.3) is 0 Å². The van der Waals surface area contributed by atoms with Crippen LogP contribution in [0, 0.1) is 0 Å². The fourth-order valence-corrected chi connectivity index (χ4v) is 2.33. The van der Waals surface area contributed by atoms with Crippen LogP contribution in [0.1, 0.15) is 12.5 Å². The summed E-state index contributed by atoms with van der Waals surface area (Å²) in [5.74, 6) is 0.550. The molecule has 2 aromatic heterocycles. The van der Waals surface area contributed by atoms with Gasteiger partial charge >= 0.3 is 0 Å². The Kier molecular flexibility index (Phi) is 3.09. The van der Waals surface area contributed by atoms with Crippen molar-refractivity contribution in [3.05, 3.63) is 24.3 Å². The minimum absolute atomic E-state index is 0.550. The molecule has 2 heterocycles. The van der Waals surface area contributed by atoms with Gasteiger partial charge in [0.2, 0.25) is 0 Å². The van der Waals surface area contributed by atoms with Gasteiger partial charge in [0, 0.05) is 25.0 Å². The molecule has 5 nitrogen and oxygen atoms in total. The van der Waals surface area contributed by atoms with Crippen LogP contribution in [0.5, 0.6) is 0 Å². The van der Waals surface area contributed by atoms with Gasteiger partial charge in [-0.1, -0.05) is 6.92 Å². The highest BCUT2D eigenvalue weighted by molar-refractivity contribution is 7.99. The lowest BCUT2D eigenvalue weighted by Crippen LogP contribution is -2.01. The monoisotopic (exact) mass is 235 g/mol. The molecule has 2 N–H and O–H groups in total. The maximum absolute atomic E-state index is 5.81. The van der Waals surface area contributed by atoms with Crippen LogP contribution in [0.2, 0.25) is 0 Å². The molecule has 0 spiro atoms. The molecule has 0 atom stereocenters. The first-order chi connectivity index (χ1) is 7.72. The molecule has 0 bridgehead atoms. The van der Waals surface area contributed by atoms with Crippen molar-refractivity contribution < 1.29 is 0 Å². The Morgan fingerprint density at radius 1 is 1.38 bits per heavy atom. The Hall–Kier alpha value is -1.56. The molecular formula is C10H13N5S. The van der Waals surface area contributed by atoms with E-state index in [0.29, 0.717) is 5.82 Å². The van der Waals surface area contributed by atoms with Gasteiger partial charge in [-0.2, -0.15) is 0 Å². The van der Waals surface area contributed by atoms with Crippen LogP contribution in [-0.4, -0.2) is 19.5 Å². The van der Waals surface area contributed by atoms with Gasteiger partial charge in [-0.15, -0.1) is 0 Å². The van der Waals surface area contributed by atoms with Crippen molar-refractivity contribution in [1.29, 1.82) is 0 Å².